The average Bonchev–Trinajstić information content (AvgIpc) is 2.37. The Hall–Kier alpha value is -0.570. The molecule has 20 heavy (non-hydrogen) atoms. The van der Waals surface area contributed by atoms with E-state index in [0.717, 1.165) is 25.7 Å². The van der Waals surface area contributed by atoms with Crippen LogP contribution in [0.25, 0.3) is 0 Å². The SMILES string of the molecule is CC1(C)C(=O)CCC2(C)C3=CC(=O)CCC3(S)CCC12. The monoisotopic (exact) mass is 292 g/mol. The summed E-state index contributed by atoms with van der Waals surface area (Å²) in [4.78, 5) is 24.2. The van der Waals surface area contributed by atoms with Gasteiger partial charge in [-0.3, -0.25) is 9.59 Å². The average molecular weight is 292 g/mol. The molecule has 0 saturated heterocycles. The third-order valence-corrected chi connectivity index (χ3v) is 6.97. The zero-order valence-corrected chi connectivity index (χ0v) is 13.6. The Morgan fingerprint density at radius 2 is 1.80 bits per heavy atom. The van der Waals surface area contributed by atoms with Crippen LogP contribution in [0.1, 0.15) is 59.3 Å². The quantitative estimate of drug-likeness (QED) is 0.690. The summed E-state index contributed by atoms with van der Waals surface area (Å²) in [6.07, 6.45) is 6.90. The van der Waals surface area contributed by atoms with Gasteiger partial charge in [-0.25, -0.2) is 0 Å². The molecule has 3 heteroatoms. The Morgan fingerprint density at radius 1 is 1.10 bits per heavy atom. The highest BCUT2D eigenvalue weighted by molar-refractivity contribution is 7.82. The summed E-state index contributed by atoms with van der Waals surface area (Å²) < 4.78 is -0.115. The molecular weight excluding hydrogens is 268 g/mol. The van der Waals surface area contributed by atoms with Crippen molar-refractivity contribution < 1.29 is 9.59 Å². The van der Waals surface area contributed by atoms with Crippen LogP contribution < -0.4 is 0 Å². The second-order valence-corrected chi connectivity index (χ2v) is 8.57. The lowest BCUT2D eigenvalue weighted by Crippen LogP contribution is -2.55. The van der Waals surface area contributed by atoms with Crippen LogP contribution in [0, 0.1) is 16.7 Å². The third-order valence-electron chi connectivity index (χ3n) is 6.28. The Morgan fingerprint density at radius 3 is 2.50 bits per heavy atom. The first-order chi connectivity index (χ1) is 9.20. The van der Waals surface area contributed by atoms with Crippen molar-refractivity contribution in [3.05, 3.63) is 11.6 Å². The van der Waals surface area contributed by atoms with Gasteiger partial charge in [0.05, 0.1) is 0 Å². The number of Topliss-reactive ketones (excluding diaryl/α,β-unsaturated/α-hetero) is 1. The van der Waals surface area contributed by atoms with Crippen LogP contribution in [0.2, 0.25) is 0 Å². The maximum atomic E-state index is 12.3. The van der Waals surface area contributed by atoms with Crippen LogP contribution in [0.5, 0.6) is 0 Å². The fourth-order valence-corrected chi connectivity index (χ4v) is 5.59. The smallest absolute Gasteiger partial charge is 0.155 e. The molecule has 0 aromatic carbocycles. The van der Waals surface area contributed by atoms with E-state index in [2.05, 4.69) is 20.8 Å². The van der Waals surface area contributed by atoms with E-state index < -0.39 is 0 Å². The molecule has 3 rings (SSSR count). The van der Waals surface area contributed by atoms with E-state index in [1.54, 1.807) is 0 Å². The fourth-order valence-electron chi connectivity index (χ4n) is 5.03. The maximum absolute atomic E-state index is 12.3. The van der Waals surface area contributed by atoms with Crippen molar-refractivity contribution in [3.63, 3.8) is 0 Å². The first-order valence-electron chi connectivity index (χ1n) is 7.71. The van der Waals surface area contributed by atoms with E-state index in [1.165, 1.54) is 5.57 Å². The molecule has 2 nitrogen and oxygen atoms in total. The molecule has 0 aliphatic heterocycles. The lowest BCUT2D eigenvalue weighted by Gasteiger charge is -2.59. The highest BCUT2D eigenvalue weighted by Crippen LogP contribution is 2.63. The number of allylic oxidation sites excluding steroid dienone is 1. The van der Waals surface area contributed by atoms with Crippen molar-refractivity contribution in [1.29, 1.82) is 0 Å². The van der Waals surface area contributed by atoms with Gasteiger partial charge in [0.15, 0.2) is 5.78 Å². The molecule has 0 aromatic heterocycles. The number of rotatable bonds is 0. The van der Waals surface area contributed by atoms with E-state index in [0.29, 0.717) is 24.5 Å². The Kier molecular flexibility index (Phi) is 3.03. The molecule has 3 aliphatic carbocycles. The molecule has 0 bridgehead atoms. The van der Waals surface area contributed by atoms with Crippen molar-refractivity contribution in [3.8, 4) is 0 Å². The first kappa shape index (κ1) is 14.4. The molecule has 0 aromatic rings. The lowest BCUT2D eigenvalue weighted by molar-refractivity contribution is -0.140. The van der Waals surface area contributed by atoms with E-state index >= 15 is 0 Å². The van der Waals surface area contributed by atoms with Gasteiger partial charge in [-0.1, -0.05) is 20.8 Å². The zero-order valence-electron chi connectivity index (χ0n) is 12.7. The van der Waals surface area contributed by atoms with Gasteiger partial charge in [-0.15, -0.1) is 0 Å². The minimum atomic E-state index is -0.274. The molecule has 2 saturated carbocycles. The van der Waals surface area contributed by atoms with Gasteiger partial charge in [-0.2, -0.15) is 12.6 Å². The normalized spacial score (nSPS) is 43.6. The minimum absolute atomic E-state index is 0.0342. The molecule has 0 amide bonds. The molecule has 110 valence electrons. The number of carbonyl (C=O) groups is 2. The lowest BCUT2D eigenvalue weighted by atomic mass is 9.47. The van der Waals surface area contributed by atoms with Gasteiger partial charge in [0, 0.05) is 23.0 Å². The van der Waals surface area contributed by atoms with Gasteiger partial charge in [-0.05, 0) is 48.7 Å². The van der Waals surface area contributed by atoms with Crippen molar-refractivity contribution >= 4 is 24.2 Å². The first-order valence-corrected chi connectivity index (χ1v) is 8.16. The topological polar surface area (TPSA) is 34.1 Å². The summed E-state index contributed by atoms with van der Waals surface area (Å²) in [5.74, 6) is 0.962. The Balaban J connectivity index is 2.11. The molecule has 3 aliphatic rings. The summed E-state index contributed by atoms with van der Waals surface area (Å²) in [7, 11) is 0. The van der Waals surface area contributed by atoms with Crippen molar-refractivity contribution in [2.75, 3.05) is 0 Å². The van der Waals surface area contributed by atoms with E-state index in [-0.39, 0.29) is 21.4 Å². The van der Waals surface area contributed by atoms with Crippen LogP contribution in [0.15, 0.2) is 11.6 Å². The van der Waals surface area contributed by atoms with Crippen LogP contribution >= 0.6 is 12.6 Å². The second-order valence-electron chi connectivity index (χ2n) is 7.71. The van der Waals surface area contributed by atoms with Gasteiger partial charge in [0.2, 0.25) is 0 Å². The van der Waals surface area contributed by atoms with Crippen LogP contribution in [-0.4, -0.2) is 16.3 Å². The predicted octanol–water partition coefficient (Wildman–Crippen LogP) is 3.75. The largest absolute Gasteiger partial charge is 0.299 e. The summed E-state index contributed by atoms with van der Waals surface area (Å²) in [6, 6.07) is 0. The maximum Gasteiger partial charge on any atom is 0.155 e. The summed E-state index contributed by atoms with van der Waals surface area (Å²) >= 11 is 4.96. The molecule has 0 spiro atoms. The molecular formula is C17H24O2S. The summed E-state index contributed by atoms with van der Waals surface area (Å²) in [6.45, 7) is 6.45. The Labute approximate surface area is 126 Å². The fraction of sp³-hybridized carbons (Fsp3) is 0.765. The Bertz CT molecular complexity index is 519. The van der Waals surface area contributed by atoms with Crippen LogP contribution in [0.4, 0.5) is 0 Å². The number of thiol groups is 1. The molecule has 3 atom stereocenters. The zero-order chi connectivity index (χ0) is 14.8. The van der Waals surface area contributed by atoms with Crippen molar-refractivity contribution in [1.82, 2.24) is 0 Å². The number of fused-ring (bicyclic) bond motifs is 3. The highest BCUT2D eigenvalue weighted by atomic mass is 32.1. The highest BCUT2D eigenvalue weighted by Gasteiger charge is 2.58. The molecule has 0 N–H and O–H groups in total. The van der Waals surface area contributed by atoms with Gasteiger partial charge >= 0.3 is 0 Å². The van der Waals surface area contributed by atoms with Crippen molar-refractivity contribution in [2.24, 2.45) is 16.7 Å². The molecule has 3 unspecified atom stereocenters. The van der Waals surface area contributed by atoms with Gasteiger partial charge < -0.3 is 0 Å². The predicted molar refractivity (Wildman–Crippen MR) is 82.9 cm³/mol. The van der Waals surface area contributed by atoms with E-state index in [4.69, 9.17) is 12.6 Å². The number of carbonyl (C=O) groups excluding carboxylic acids is 2. The van der Waals surface area contributed by atoms with Crippen LogP contribution in [-0.2, 0) is 9.59 Å². The number of hydrogen-bond acceptors (Lipinski definition) is 3. The molecule has 0 radical (unpaired) electrons. The van der Waals surface area contributed by atoms with E-state index in [1.807, 2.05) is 6.08 Å². The molecule has 2 fully saturated rings. The van der Waals surface area contributed by atoms with Gasteiger partial charge in [0.1, 0.15) is 5.78 Å². The minimum Gasteiger partial charge on any atom is -0.299 e. The summed E-state index contributed by atoms with van der Waals surface area (Å²) in [5, 5.41) is 0. The van der Waals surface area contributed by atoms with Gasteiger partial charge in [0.25, 0.3) is 0 Å². The summed E-state index contributed by atoms with van der Waals surface area (Å²) in [5.41, 5.74) is 0.915. The number of ketones is 2. The third kappa shape index (κ3) is 1.78. The van der Waals surface area contributed by atoms with Crippen LogP contribution in [0.3, 0.4) is 0 Å². The number of hydrogen-bond donors (Lipinski definition) is 1. The standard InChI is InChI=1S/C17H24O2S/c1-15(2)12-5-9-17(20)8-4-11(18)10-13(17)16(12,3)7-6-14(15)19/h10,12,20H,4-9H2,1-3H3. The van der Waals surface area contributed by atoms with E-state index in [9.17, 15) is 9.59 Å². The second kappa shape index (κ2) is 4.22. The van der Waals surface area contributed by atoms with Crippen molar-refractivity contribution in [2.45, 2.75) is 64.0 Å². The molecule has 0 heterocycles.